The molecule has 0 rings (SSSR count). The van der Waals surface area contributed by atoms with E-state index in [1.54, 1.807) is 6.08 Å². The second-order valence-electron chi connectivity index (χ2n) is 3.04. The zero-order chi connectivity index (χ0) is 10.9. The molecule has 0 atom stereocenters. The normalized spacial score (nSPS) is 10.7. The molecular weight excluding hydrogens is 236 g/mol. The molecule has 0 bridgehead atoms. The Kier molecular flexibility index (Phi) is 12.0. The Bertz CT molecular complexity index is 242. The van der Waals surface area contributed by atoms with Crippen LogP contribution in [0.3, 0.4) is 0 Å². The van der Waals surface area contributed by atoms with Gasteiger partial charge in [0.15, 0.2) is 0 Å². The molecule has 0 amide bonds. The lowest BCUT2D eigenvalue weighted by Gasteiger charge is -2.05. The summed E-state index contributed by atoms with van der Waals surface area (Å²) in [6, 6.07) is 0. The molecule has 2 N–H and O–H groups in total. The zero-order valence-corrected chi connectivity index (χ0v) is 10.8. The van der Waals surface area contributed by atoms with Crippen molar-refractivity contribution < 1.29 is 8.42 Å². The largest absolute Gasteiger partial charge is 0.315 e. The van der Waals surface area contributed by atoms with Crippen LogP contribution in [0.5, 0.6) is 0 Å². The van der Waals surface area contributed by atoms with Gasteiger partial charge in [0.25, 0.3) is 0 Å². The van der Waals surface area contributed by atoms with Gasteiger partial charge in [-0.1, -0.05) is 13.0 Å². The molecule has 0 heterocycles. The molecule has 0 aromatic carbocycles. The standard InChI is InChI=1S/C9H20N2O2S.ClH/c1-3-5-9-14(12,13)11-8-7-10-6-4-2;/h3,10-11H,1,4-9H2,2H3;1H. The minimum absolute atomic E-state index is 0. The number of allylic oxidation sites excluding steroid dienone is 1. The summed E-state index contributed by atoms with van der Waals surface area (Å²) in [6.07, 6.45) is 3.16. The van der Waals surface area contributed by atoms with E-state index in [4.69, 9.17) is 0 Å². The first-order chi connectivity index (χ1) is 6.62. The van der Waals surface area contributed by atoms with Gasteiger partial charge < -0.3 is 5.32 Å². The van der Waals surface area contributed by atoms with E-state index in [-0.39, 0.29) is 18.2 Å². The van der Waals surface area contributed by atoms with Crippen molar-refractivity contribution in [1.82, 2.24) is 10.0 Å². The molecule has 0 saturated carbocycles. The van der Waals surface area contributed by atoms with Crippen LogP contribution in [0.4, 0.5) is 0 Å². The van der Waals surface area contributed by atoms with E-state index in [2.05, 4.69) is 23.5 Å². The molecule has 15 heavy (non-hydrogen) atoms. The quantitative estimate of drug-likeness (QED) is 0.476. The highest BCUT2D eigenvalue weighted by Gasteiger charge is 2.06. The average Bonchev–Trinajstić information content (AvgIpc) is 2.15. The first-order valence-electron chi connectivity index (χ1n) is 4.91. The van der Waals surface area contributed by atoms with E-state index in [0.29, 0.717) is 19.5 Å². The minimum Gasteiger partial charge on any atom is -0.315 e. The van der Waals surface area contributed by atoms with Gasteiger partial charge >= 0.3 is 0 Å². The molecule has 0 fully saturated rings. The number of hydrogen-bond acceptors (Lipinski definition) is 3. The van der Waals surface area contributed by atoms with Crippen molar-refractivity contribution in [2.24, 2.45) is 0 Å². The third-order valence-corrected chi connectivity index (χ3v) is 3.06. The topological polar surface area (TPSA) is 58.2 Å². The van der Waals surface area contributed by atoms with E-state index in [1.165, 1.54) is 0 Å². The third-order valence-electron chi connectivity index (χ3n) is 1.64. The van der Waals surface area contributed by atoms with E-state index in [0.717, 1.165) is 13.0 Å². The van der Waals surface area contributed by atoms with Crippen molar-refractivity contribution in [2.45, 2.75) is 19.8 Å². The summed E-state index contributed by atoms with van der Waals surface area (Å²) in [7, 11) is -3.09. The Morgan fingerprint density at radius 2 is 1.93 bits per heavy atom. The van der Waals surface area contributed by atoms with E-state index >= 15 is 0 Å². The number of hydrogen-bond donors (Lipinski definition) is 2. The lowest BCUT2D eigenvalue weighted by Crippen LogP contribution is -2.33. The summed E-state index contributed by atoms with van der Waals surface area (Å²) >= 11 is 0. The van der Waals surface area contributed by atoms with Gasteiger partial charge in [-0.2, -0.15) is 0 Å². The first-order valence-corrected chi connectivity index (χ1v) is 6.56. The van der Waals surface area contributed by atoms with E-state index in [1.807, 2.05) is 0 Å². The third kappa shape index (κ3) is 11.8. The predicted molar refractivity (Wildman–Crippen MR) is 67.0 cm³/mol. The summed E-state index contributed by atoms with van der Waals surface area (Å²) in [5, 5.41) is 3.12. The number of sulfonamides is 1. The molecule has 0 aliphatic heterocycles. The molecule has 4 nitrogen and oxygen atoms in total. The zero-order valence-electron chi connectivity index (χ0n) is 9.16. The van der Waals surface area contributed by atoms with Crippen LogP contribution >= 0.6 is 12.4 Å². The predicted octanol–water partition coefficient (Wildman–Crippen LogP) is 0.903. The van der Waals surface area contributed by atoms with Gasteiger partial charge in [0.05, 0.1) is 5.75 Å². The van der Waals surface area contributed by atoms with E-state index in [9.17, 15) is 8.42 Å². The fourth-order valence-electron chi connectivity index (χ4n) is 0.907. The Labute approximate surface area is 99.0 Å². The summed E-state index contributed by atoms with van der Waals surface area (Å²) in [5.41, 5.74) is 0. The highest BCUT2D eigenvalue weighted by atomic mass is 35.5. The molecule has 0 spiro atoms. The van der Waals surface area contributed by atoms with Gasteiger partial charge in [-0.15, -0.1) is 19.0 Å². The van der Waals surface area contributed by atoms with Crippen LogP contribution in [-0.2, 0) is 10.0 Å². The average molecular weight is 257 g/mol. The maximum atomic E-state index is 11.2. The molecule has 0 aliphatic carbocycles. The van der Waals surface area contributed by atoms with Crippen molar-refractivity contribution in [2.75, 3.05) is 25.4 Å². The Morgan fingerprint density at radius 1 is 1.27 bits per heavy atom. The van der Waals surface area contributed by atoms with Crippen LogP contribution in [0.1, 0.15) is 19.8 Å². The van der Waals surface area contributed by atoms with Gasteiger partial charge in [0.1, 0.15) is 0 Å². The van der Waals surface area contributed by atoms with Crippen LogP contribution in [0.25, 0.3) is 0 Å². The second kappa shape index (κ2) is 10.4. The molecule has 6 heteroatoms. The molecule has 0 radical (unpaired) electrons. The minimum atomic E-state index is -3.09. The van der Waals surface area contributed by atoms with Crippen molar-refractivity contribution in [1.29, 1.82) is 0 Å². The van der Waals surface area contributed by atoms with Gasteiger partial charge in [0.2, 0.25) is 10.0 Å². The van der Waals surface area contributed by atoms with Crippen LogP contribution in [0.2, 0.25) is 0 Å². The van der Waals surface area contributed by atoms with Crippen LogP contribution < -0.4 is 10.0 Å². The molecule has 0 saturated heterocycles. The molecule has 0 unspecified atom stereocenters. The number of halogens is 1. The highest BCUT2D eigenvalue weighted by molar-refractivity contribution is 7.89. The maximum Gasteiger partial charge on any atom is 0.211 e. The second-order valence-corrected chi connectivity index (χ2v) is 4.97. The lowest BCUT2D eigenvalue weighted by molar-refractivity contribution is 0.575. The fraction of sp³-hybridized carbons (Fsp3) is 0.778. The van der Waals surface area contributed by atoms with Gasteiger partial charge in [-0.25, -0.2) is 13.1 Å². The molecule has 0 aromatic heterocycles. The smallest absolute Gasteiger partial charge is 0.211 e. The summed E-state index contributed by atoms with van der Waals surface area (Å²) in [6.45, 7) is 7.62. The summed E-state index contributed by atoms with van der Waals surface area (Å²) in [5.74, 6) is 0.129. The monoisotopic (exact) mass is 256 g/mol. The Morgan fingerprint density at radius 3 is 2.47 bits per heavy atom. The lowest BCUT2D eigenvalue weighted by atomic mass is 10.5. The van der Waals surface area contributed by atoms with Crippen molar-refractivity contribution in [3.05, 3.63) is 12.7 Å². The summed E-state index contributed by atoms with van der Waals surface area (Å²) < 4.78 is 25.0. The van der Waals surface area contributed by atoms with Crippen molar-refractivity contribution in [3.8, 4) is 0 Å². The molecule has 0 aromatic rings. The van der Waals surface area contributed by atoms with E-state index < -0.39 is 10.0 Å². The van der Waals surface area contributed by atoms with Gasteiger partial charge in [-0.3, -0.25) is 0 Å². The fourth-order valence-corrected chi connectivity index (χ4v) is 1.94. The van der Waals surface area contributed by atoms with Crippen LogP contribution in [0.15, 0.2) is 12.7 Å². The number of rotatable bonds is 9. The van der Waals surface area contributed by atoms with Gasteiger partial charge in [-0.05, 0) is 19.4 Å². The molecular formula is C9H21ClN2O2S. The Hall–Kier alpha value is -0.100. The van der Waals surface area contributed by atoms with Crippen LogP contribution in [0, 0.1) is 0 Å². The molecule has 0 aliphatic rings. The Balaban J connectivity index is 0. The van der Waals surface area contributed by atoms with Crippen LogP contribution in [-0.4, -0.2) is 33.8 Å². The maximum absolute atomic E-state index is 11.2. The molecule has 92 valence electrons. The van der Waals surface area contributed by atoms with Crippen molar-refractivity contribution >= 4 is 22.4 Å². The van der Waals surface area contributed by atoms with Gasteiger partial charge in [0, 0.05) is 13.1 Å². The SMILES string of the molecule is C=CCCS(=O)(=O)NCCNCCC.Cl. The highest BCUT2D eigenvalue weighted by Crippen LogP contribution is 1.88. The summed E-state index contributed by atoms with van der Waals surface area (Å²) in [4.78, 5) is 0. The van der Waals surface area contributed by atoms with Crippen molar-refractivity contribution in [3.63, 3.8) is 0 Å². The number of nitrogens with one attached hydrogen (secondary N) is 2. The first kappa shape index (κ1) is 17.3.